The van der Waals surface area contributed by atoms with Gasteiger partial charge in [0.2, 0.25) is 5.91 Å². The molecule has 1 amide bonds. The normalized spacial score (nSPS) is 13.3. The first kappa shape index (κ1) is 23.5. The number of thiophene rings is 1. The van der Waals surface area contributed by atoms with Crippen LogP contribution in [0.3, 0.4) is 0 Å². The molecule has 1 N–H and O–H groups in total. The number of benzene rings is 1. The van der Waals surface area contributed by atoms with Crippen molar-refractivity contribution in [1.82, 2.24) is 14.8 Å². The Morgan fingerprint density at radius 3 is 2.67 bits per heavy atom. The molecule has 174 valence electrons. The van der Waals surface area contributed by atoms with Gasteiger partial charge in [-0.1, -0.05) is 48.0 Å². The highest BCUT2D eigenvalue weighted by Gasteiger charge is 2.26. The van der Waals surface area contributed by atoms with Crippen molar-refractivity contribution in [1.29, 1.82) is 0 Å². The maximum atomic E-state index is 12.8. The molecular formula is C24H28N4O3S2. The number of esters is 1. The lowest BCUT2D eigenvalue weighted by atomic mass is 10.1. The SMILES string of the molecule is CCOC(=O)c1c(NC(=O)CSc2nnc(-c3ccc(C)cc3)n2C)sc2c1CCCCC2. The minimum absolute atomic E-state index is 0.171. The number of carbonyl (C=O) groups is 2. The number of rotatable bonds is 7. The minimum Gasteiger partial charge on any atom is -0.462 e. The van der Waals surface area contributed by atoms with Crippen LogP contribution < -0.4 is 5.32 Å². The lowest BCUT2D eigenvalue weighted by Crippen LogP contribution is -2.17. The largest absolute Gasteiger partial charge is 0.462 e. The molecule has 1 aliphatic carbocycles. The Morgan fingerprint density at radius 1 is 1.15 bits per heavy atom. The molecule has 1 aromatic carbocycles. The molecule has 0 spiro atoms. The highest BCUT2D eigenvalue weighted by atomic mass is 32.2. The average Bonchev–Trinajstić information content (AvgIpc) is 3.23. The van der Waals surface area contributed by atoms with Gasteiger partial charge < -0.3 is 14.6 Å². The van der Waals surface area contributed by atoms with E-state index in [-0.39, 0.29) is 17.6 Å². The van der Waals surface area contributed by atoms with E-state index in [2.05, 4.69) is 15.5 Å². The molecular weight excluding hydrogens is 456 g/mol. The van der Waals surface area contributed by atoms with Crippen molar-refractivity contribution in [3.05, 3.63) is 45.8 Å². The van der Waals surface area contributed by atoms with Crippen LogP contribution in [0.1, 0.15) is 52.5 Å². The van der Waals surface area contributed by atoms with Gasteiger partial charge in [-0.15, -0.1) is 21.5 Å². The van der Waals surface area contributed by atoms with Crippen molar-refractivity contribution in [2.75, 3.05) is 17.7 Å². The Morgan fingerprint density at radius 2 is 1.91 bits per heavy atom. The predicted octanol–water partition coefficient (Wildman–Crippen LogP) is 5.03. The summed E-state index contributed by atoms with van der Waals surface area (Å²) in [4.78, 5) is 26.7. The number of fused-ring (bicyclic) bond motifs is 1. The number of nitrogens with one attached hydrogen (secondary N) is 1. The highest BCUT2D eigenvalue weighted by Crippen LogP contribution is 2.38. The number of ether oxygens (including phenoxy) is 1. The quantitative estimate of drug-likeness (QED) is 0.288. The van der Waals surface area contributed by atoms with Crippen molar-refractivity contribution in [2.45, 2.75) is 51.1 Å². The van der Waals surface area contributed by atoms with Crippen molar-refractivity contribution < 1.29 is 14.3 Å². The fourth-order valence-electron chi connectivity index (χ4n) is 3.94. The summed E-state index contributed by atoms with van der Waals surface area (Å²) in [6.45, 7) is 4.14. The third kappa shape index (κ3) is 5.30. The Balaban J connectivity index is 1.46. The molecule has 0 bridgehead atoms. The van der Waals surface area contributed by atoms with Gasteiger partial charge in [0.25, 0.3) is 0 Å². The molecule has 0 fully saturated rings. The lowest BCUT2D eigenvalue weighted by Gasteiger charge is -2.08. The van der Waals surface area contributed by atoms with Crippen LogP contribution in [-0.4, -0.2) is 39.0 Å². The fourth-order valence-corrected chi connectivity index (χ4v) is 5.94. The predicted molar refractivity (Wildman–Crippen MR) is 132 cm³/mol. The number of carbonyl (C=O) groups excluding carboxylic acids is 2. The topological polar surface area (TPSA) is 86.1 Å². The number of amides is 1. The summed E-state index contributed by atoms with van der Waals surface area (Å²) in [6.07, 6.45) is 5.11. The van der Waals surface area contributed by atoms with Crippen LogP contribution in [0, 0.1) is 6.92 Å². The van der Waals surface area contributed by atoms with E-state index in [9.17, 15) is 9.59 Å². The number of nitrogens with zero attached hydrogens (tertiary/aromatic N) is 3. The summed E-state index contributed by atoms with van der Waals surface area (Å²) in [7, 11) is 1.89. The van der Waals surface area contributed by atoms with Crippen LogP contribution in [0.25, 0.3) is 11.4 Å². The third-order valence-corrected chi connectivity index (χ3v) is 7.86. The summed E-state index contributed by atoms with van der Waals surface area (Å²) >= 11 is 2.83. The second kappa shape index (κ2) is 10.5. The summed E-state index contributed by atoms with van der Waals surface area (Å²) in [5.74, 6) is 0.396. The molecule has 9 heteroatoms. The number of thioether (sulfide) groups is 1. The van der Waals surface area contributed by atoms with Crippen molar-refractivity contribution >= 4 is 40.0 Å². The van der Waals surface area contributed by atoms with Crippen LogP contribution in [0.2, 0.25) is 0 Å². The number of hydrogen-bond donors (Lipinski definition) is 1. The lowest BCUT2D eigenvalue weighted by molar-refractivity contribution is -0.113. The van der Waals surface area contributed by atoms with Gasteiger partial charge in [-0.25, -0.2) is 4.79 Å². The summed E-state index contributed by atoms with van der Waals surface area (Å²) in [5, 5.41) is 12.8. The van der Waals surface area contributed by atoms with E-state index in [1.807, 2.05) is 42.8 Å². The molecule has 0 unspecified atom stereocenters. The van der Waals surface area contributed by atoms with E-state index in [1.54, 1.807) is 6.92 Å². The summed E-state index contributed by atoms with van der Waals surface area (Å²) < 4.78 is 7.19. The standard InChI is InChI=1S/C24H28N4O3S2/c1-4-31-23(30)20-17-8-6-5-7-9-18(17)33-22(20)25-19(29)14-32-24-27-26-21(28(24)3)16-12-10-15(2)11-13-16/h10-13H,4-9,14H2,1-3H3,(H,25,29). The first-order valence-electron chi connectivity index (χ1n) is 11.2. The maximum absolute atomic E-state index is 12.8. The van der Waals surface area contributed by atoms with E-state index < -0.39 is 0 Å². The van der Waals surface area contributed by atoms with E-state index >= 15 is 0 Å². The molecule has 7 nitrogen and oxygen atoms in total. The number of aryl methyl sites for hydroxylation is 2. The Kier molecular flexibility index (Phi) is 7.49. The number of anilines is 1. The number of aromatic nitrogens is 3. The van der Waals surface area contributed by atoms with Crippen molar-refractivity contribution in [2.24, 2.45) is 7.05 Å². The van der Waals surface area contributed by atoms with Gasteiger partial charge >= 0.3 is 5.97 Å². The van der Waals surface area contributed by atoms with Gasteiger partial charge in [0.1, 0.15) is 5.00 Å². The van der Waals surface area contributed by atoms with E-state index in [0.717, 1.165) is 49.1 Å². The summed E-state index contributed by atoms with van der Waals surface area (Å²) in [6, 6.07) is 8.10. The zero-order valence-electron chi connectivity index (χ0n) is 19.1. The van der Waals surface area contributed by atoms with Crippen LogP contribution in [0.4, 0.5) is 5.00 Å². The molecule has 0 saturated heterocycles. The molecule has 0 atom stereocenters. The van der Waals surface area contributed by atoms with Crippen molar-refractivity contribution in [3.8, 4) is 11.4 Å². The van der Waals surface area contributed by atoms with Gasteiger partial charge in [-0.05, 0) is 45.1 Å². The second-order valence-electron chi connectivity index (χ2n) is 8.06. The van der Waals surface area contributed by atoms with Crippen LogP contribution in [-0.2, 0) is 29.4 Å². The third-order valence-electron chi connectivity index (χ3n) is 5.63. The molecule has 2 aromatic heterocycles. The molecule has 4 rings (SSSR count). The molecule has 0 saturated carbocycles. The Hall–Kier alpha value is -2.65. The molecule has 33 heavy (non-hydrogen) atoms. The zero-order chi connectivity index (χ0) is 23.4. The van der Waals surface area contributed by atoms with Crippen LogP contribution in [0.5, 0.6) is 0 Å². The van der Waals surface area contributed by atoms with E-state index in [0.29, 0.717) is 22.3 Å². The maximum Gasteiger partial charge on any atom is 0.341 e. The first-order chi connectivity index (χ1) is 16.0. The smallest absolute Gasteiger partial charge is 0.341 e. The van der Waals surface area contributed by atoms with Gasteiger partial charge in [0, 0.05) is 17.5 Å². The monoisotopic (exact) mass is 484 g/mol. The van der Waals surface area contributed by atoms with Crippen LogP contribution in [0.15, 0.2) is 29.4 Å². The summed E-state index contributed by atoms with van der Waals surface area (Å²) in [5.41, 5.74) is 3.75. The van der Waals surface area contributed by atoms with Gasteiger partial charge in [0.05, 0.1) is 17.9 Å². The molecule has 0 aliphatic heterocycles. The molecule has 0 radical (unpaired) electrons. The molecule has 2 heterocycles. The number of hydrogen-bond acceptors (Lipinski definition) is 7. The highest BCUT2D eigenvalue weighted by molar-refractivity contribution is 7.99. The zero-order valence-corrected chi connectivity index (χ0v) is 20.8. The first-order valence-corrected chi connectivity index (χ1v) is 13.0. The van der Waals surface area contributed by atoms with Gasteiger partial charge in [0.15, 0.2) is 11.0 Å². The van der Waals surface area contributed by atoms with Crippen molar-refractivity contribution in [3.63, 3.8) is 0 Å². The molecule has 1 aliphatic rings. The second-order valence-corrected chi connectivity index (χ2v) is 10.1. The Labute approximate surface area is 201 Å². The molecule has 3 aromatic rings. The minimum atomic E-state index is -0.351. The Bertz CT molecular complexity index is 1150. The van der Waals surface area contributed by atoms with Gasteiger partial charge in [-0.2, -0.15) is 0 Å². The van der Waals surface area contributed by atoms with E-state index in [1.165, 1.54) is 33.5 Å². The van der Waals surface area contributed by atoms with Gasteiger partial charge in [-0.3, -0.25) is 4.79 Å². The fraction of sp³-hybridized carbons (Fsp3) is 0.417. The van der Waals surface area contributed by atoms with Crippen LogP contribution >= 0.6 is 23.1 Å². The average molecular weight is 485 g/mol. The van der Waals surface area contributed by atoms with E-state index in [4.69, 9.17) is 4.74 Å².